The molecule has 7 N–H and O–H groups in total. The largest absolute Gasteiger partial charge is 0.480 e. The maximum Gasteiger partial charge on any atom is 0.326 e. The molecule has 0 spiro atoms. The maximum atomic E-state index is 13.1. The molecule has 1 saturated heterocycles. The lowest BCUT2D eigenvalue weighted by atomic mass is 9.96. The fraction of sp³-hybridized carbons (Fsp3) is 0.826. The molecule has 0 saturated carbocycles. The van der Waals surface area contributed by atoms with Gasteiger partial charge in [-0.3, -0.25) is 14.4 Å². The molecule has 5 unspecified atom stereocenters. The van der Waals surface area contributed by atoms with Gasteiger partial charge in [0.2, 0.25) is 17.7 Å². The van der Waals surface area contributed by atoms with Gasteiger partial charge in [0, 0.05) is 6.54 Å². The third-order valence-electron chi connectivity index (χ3n) is 6.24. The van der Waals surface area contributed by atoms with E-state index in [9.17, 15) is 24.3 Å². The highest BCUT2D eigenvalue weighted by Gasteiger charge is 2.38. The third kappa shape index (κ3) is 8.92. The van der Waals surface area contributed by atoms with E-state index < -0.39 is 42.0 Å². The summed E-state index contributed by atoms with van der Waals surface area (Å²) in [7, 11) is 0. The van der Waals surface area contributed by atoms with Gasteiger partial charge in [0.05, 0.1) is 6.04 Å². The summed E-state index contributed by atoms with van der Waals surface area (Å²) >= 11 is 0. The third-order valence-corrected chi connectivity index (χ3v) is 6.24. The summed E-state index contributed by atoms with van der Waals surface area (Å²) < 4.78 is 0. The number of nitrogens with zero attached hydrogens (tertiary/aromatic N) is 1. The second-order valence-corrected chi connectivity index (χ2v) is 9.48. The summed E-state index contributed by atoms with van der Waals surface area (Å²) in [6.45, 7) is 8.45. The van der Waals surface area contributed by atoms with E-state index in [1.807, 2.05) is 27.7 Å². The van der Waals surface area contributed by atoms with Gasteiger partial charge >= 0.3 is 5.97 Å². The molecular formula is C23H43N5O5. The van der Waals surface area contributed by atoms with Crippen molar-refractivity contribution in [2.24, 2.45) is 23.3 Å². The topological polar surface area (TPSA) is 168 Å². The standard InChI is InChI=1S/C23H43N5O5/c1-5-15(4)19(21(30)26-17(23(32)33)13-14(2)3)27-20(29)18-10-8-12-28(18)22(31)16(25)9-6-7-11-24/h14-19H,5-13,24-25H2,1-4H3,(H,26,30)(H,27,29)(H,32,33). The molecule has 0 aromatic carbocycles. The molecule has 5 atom stereocenters. The Kier molecular flexibility index (Phi) is 12.4. The van der Waals surface area contributed by atoms with Crippen LogP contribution in [0.2, 0.25) is 0 Å². The summed E-state index contributed by atoms with van der Waals surface area (Å²) in [5.74, 6) is -2.45. The number of hydrogen-bond donors (Lipinski definition) is 5. The molecule has 0 aromatic rings. The van der Waals surface area contributed by atoms with E-state index in [-0.39, 0.29) is 24.2 Å². The number of nitrogens with one attached hydrogen (secondary N) is 2. The van der Waals surface area contributed by atoms with Gasteiger partial charge < -0.3 is 32.1 Å². The van der Waals surface area contributed by atoms with E-state index in [1.165, 1.54) is 4.90 Å². The molecule has 3 amide bonds. The second kappa shape index (κ2) is 14.1. The first-order chi connectivity index (χ1) is 15.5. The summed E-state index contributed by atoms with van der Waals surface area (Å²) in [5, 5.41) is 14.8. The Bertz CT molecular complexity index is 672. The first-order valence-electron chi connectivity index (χ1n) is 12.1. The summed E-state index contributed by atoms with van der Waals surface area (Å²) in [5.41, 5.74) is 11.6. The zero-order chi connectivity index (χ0) is 25.1. The normalized spacial score (nSPS) is 19.6. The molecule has 33 heavy (non-hydrogen) atoms. The maximum absolute atomic E-state index is 13.1. The fourth-order valence-electron chi connectivity index (χ4n) is 4.05. The van der Waals surface area contributed by atoms with Gasteiger partial charge in [0.1, 0.15) is 18.1 Å². The summed E-state index contributed by atoms with van der Waals surface area (Å²) in [4.78, 5) is 52.0. The highest BCUT2D eigenvalue weighted by Crippen LogP contribution is 2.20. The van der Waals surface area contributed by atoms with Crippen molar-refractivity contribution in [3.05, 3.63) is 0 Å². The van der Waals surface area contributed by atoms with E-state index in [4.69, 9.17) is 11.5 Å². The Morgan fingerprint density at radius 3 is 2.33 bits per heavy atom. The minimum atomic E-state index is -1.11. The number of rotatable bonds is 14. The van der Waals surface area contributed by atoms with Crippen molar-refractivity contribution in [1.29, 1.82) is 0 Å². The van der Waals surface area contributed by atoms with Gasteiger partial charge in [-0.15, -0.1) is 0 Å². The molecule has 1 aliphatic rings. The van der Waals surface area contributed by atoms with Crippen molar-refractivity contribution >= 4 is 23.7 Å². The molecule has 0 aromatic heterocycles. The van der Waals surface area contributed by atoms with Crippen LogP contribution in [0.4, 0.5) is 0 Å². The molecule has 1 aliphatic heterocycles. The number of carbonyl (C=O) groups excluding carboxylic acids is 3. The van der Waals surface area contributed by atoms with Crippen molar-refractivity contribution in [3.8, 4) is 0 Å². The predicted octanol–water partition coefficient (Wildman–Crippen LogP) is 0.580. The number of nitrogens with two attached hydrogens (primary N) is 2. The fourth-order valence-corrected chi connectivity index (χ4v) is 4.05. The summed E-state index contributed by atoms with van der Waals surface area (Å²) in [6, 6.07) is -3.31. The Labute approximate surface area is 197 Å². The van der Waals surface area contributed by atoms with Crippen LogP contribution in [-0.2, 0) is 19.2 Å². The smallest absolute Gasteiger partial charge is 0.326 e. The van der Waals surface area contributed by atoms with Crippen molar-refractivity contribution < 1.29 is 24.3 Å². The molecule has 1 rings (SSSR count). The lowest BCUT2D eigenvalue weighted by Crippen LogP contribution is -2.58. The van der Waals surface area contributed by atoms with Crippen LogP contribution >= 0.6 is 0 Å². The molecule has 10 heteroatoms. The zero-order valence-electron chi connectivity index (χ0n) is 20.5. The van der Waals surface area contributed by atoms with E-state index in [0.717, 1.165) is 12.8 Å². The Morgan fingerprint density at radius 1 is 1.12 bits per heavy atom. The van der Waals surface area contributed by atoms with Gasteiger partial charge in [0.25, 0.3) is 0 Å². The van der Waals surface area contributed by atoms with Crippen LogP contribution in [-0.4, -0.2) is 71.0 Å². The van der Waals surface area contributed by atoms with Gasteiger partial charge in [-0.25, -0.2) is 4.79 Å². The average Bonchev–Trinajstić information content (AvgIpc) is 3.25. The Balaban J connectivity index is 2.89. The van der Waals surface area contributed by atoms with Crippen molar-refractivity contribution in [3.63, 3.8) is 0 Å². The second-order valence-electron chi connectivity index (χ2n) is 9.48. The van der Waals surface area contributed by atoms with E-state index in [0.29, 0.717) is 38.8 Å². The predicted molar refractivity (Wildman–Crippen MR) is 126 cm³/mol. The van der Waals surface area contributed by atoms with Crippen LogP contribution in [0.15, 0.2) is 0 Å². The Morgan fingerprint density at radius 2 is 1.79 bits per heavy atom. The number of carboxylic acid groups (broad SMARTS) is 1. The number of carbonyl (C=O) groups is 4. The number of hydrogen-bond acceptors (Lipinski definition) is 6. The first kappa shape index (κ1) is 28.8. The molecule has 1 heterocycles. The lowest BCUT2D eigenvalue weighted by Gasteiger charge is -2.30. The highest BCUT2D eigenvalue weighted by atomic mass is 16.4. The van der Waals surface area contributed by atoms with Crippen LogP contribution < -0.4 is 22.1 Å². The SMILES string of the molecule is CCC(C)C(NC(=O)C1CCCN1C(=O)C(N)CCCCN)C(=O)NC(CC(C)C)C(=O)O. The molecule has 0 radical (unpaired) electrons. The first-order valence-corrected chi connectivity index (χ1v) is 12.1. The molecule has 190 valence electrons. The van der Waals surface area contributed by atoms with Crippen LogP contribution in [0.3, 0.4) is 0 Å². The number of likely N-dealkylation sites (tertiary alicyclic amines) is 1. The number of carboxylic acids is 1. The van der Waals surface area contributed by atoms with Gasteiger partial charge in [-0.2, -0.15) is 0 Å². The van der Waals surface area contributed by atoms with E-state index in [2.05, 4.69) is 10.6 Å². The van der Waals surface area contributed by atoms with Crippen molar-refractivity contribution in [2.45, 2.75) is 96.8 Å². The minimum absolute atomic E-state index is 0.0789. The number of amides is 3. The molecule has 0 bridgehead atoms. The van der Waals surface area contributed by atoms with Gasteiger partial charge in [0.15, 0.2) is 0 Å². The van der Waals surface area contributed by atoms with E-state index in [1.54, 1.807) is 0 Å². The number of aliphatic carboxylic acids is 1. The van der Waals surface area contributed by atoms with E-state index >= 15 is 0 Å². The van der Waals surface area contributed by atoms with Gasteiger partial charge in [-0.05, 0) is 50.5 Å². The lowest BCUT2D eigenvalue weighted by molar-refractivity contribution is -0.144. The molecule has 0 aliphatic carbocycles. The van der Waals surface area contributed by atoms with Crippen molar-refractivity contribution in [1.82, 2.24) is 15.5 Å². The monoisotopic (exact) mass is 469 g/mol. The Hall–Kier alpha value is -2.20. The van der Waals surface area contributed by atoms with Crippen LogP contribution in [0.5, 0.6) is 0 Å². The quantitative estimate of drug-likeness (QED) is 0.232. The molecule has 10 nitrogen and oxygen atoms in total. The molecular weight excluding hydrogens is 426 g/mol. The zero-order valence-corrected chi connectivity index (χ0v) is 20.5. The average molecular weight is 470 g/mol. The number of unbranched alkanes of at least 4 members (excludes halogenated alkanes) is 1. The van der Waals surface area contributed by atoms with Crippen LogP contribution in [0.25, 0.3) is 0 Å². The minimum Gasteiger partial charge on any atom is -0.480 e. The van der Waals surface area contributed by atoms with Crippen LogP contribution in [0.1, 0.15) is 72.6 Å². The summed E-state index contributed by atoms with van der Waals surface area (Å²) in [6.07, 6.45) is 4.10. The van der Waals surface area contributed by atoms with Crippen molar-refractivity contribution in [2.75, 3.05) is 13.1 Å². The molecule has 1 fully saturated rings. The van der Waals surface area contributed by atoms with Gasteiger partial charge in [-0.1, -0.05) is 40.5 Å². The van der Waals surface area contributed by atoms with Crippen LogP contribution in [0, 0.1) is 11.8 Å². The highest BCUT2D eigenvalue weighted by molar-refractivity contribution is 5.94.